The Morgan fingerprint density at radius 3 is 1.24 bits per heavy atom. The van der Waals surface area contributed by atoms with Crippen molar-refractivity contribution in [3.05, 3.63) is 85.1 Å². The number of rotatable bonds is 60. The summed E-state index contributed by atoms with van der Waals surface area (Å²) in [5, 5.41) is 57.2. The quantitative estimate of drug-likeness (QED) is 0.0195. The molecule has 11 heteroatoms. The third kappa shape index (κ3) is 48.4. The van der Waals surface area contributed by atoms with Crippen LogP contribution in [-0.4, -0.2) is 99.6 Å². The second-order valence-electron chi connectivity index (χ2n) is 24.3. The first-order chi connectivity index (χ1) is 41.7. The van der Waals surface area contributed by atoms with Gasteiger partial charge in [-0.1, -0.05) is 286 Å². The van der Waals surface area contributed by atoms with Crippen molar-refractivity contribution in [1.82, 2.24) is 5.32 Å². The van der Waals surface area contributed by atoms with Gasteiger partial charge in [-0.3, -0.25) is 9.59 Å². The van der Waals surface area contributed by atoms with Crippen molar-refractivity contribution in [3.8, 4) is 0 Å². The highest BCUT2D eigenvalue weighted by Gasteiger charge is 2.47. The molecule has 8 unspecified atom stereocenters. The van der Waals surface area contributed by atoms with Crippen molar-refractivity contribution >= 4 is 11.9 Å². The van der Waals surface area contributed by atoms with Crippen LogP contribution in [0.25, 0.3) is 0 Å². The van der Waals surface area contributed by atoms with Crippen LogP contribution in [-0.2, 0) is 23.8 Å². The molecule has 1 saturated heterocycles. The lowest BCUT2D eigenvalue weighted by Gasteiger charge is -2.41. The fourth-order valence-corrected chi connectivity index (χ4v) is 10.7. The fourth-order valence-electron chi connectivity index (χ4n) is 10.7. The van der Waals surface area contributed by atoms with Crippen LogP contribution in [0.15, 0.2) is 85.1 Å². The molecule has 492 valence electrons. The first kappa shape index (κ1) is 79.9. The number of allylic oxidation sites excluding steroid dienone is 13. The highest BCUT2D eigenvalue weighted by Crippen LogP contribution is 2.26. The summed E-state index contributed by atoms with van der Waals surface area (Å²) in [7, 11) is 0. The van der Waals surface area contributed by atoms with E-state index in [1.807, 2.05) is 6.08 Å². The van der Waals surface area contributed by atoms with E-state index in [1.165, 1.54) is 167 Å². The van der Waals surface area contributed by atoms with Gasteiger partial charge in [0.15, 0.2) is 12.4 Å². The van der Waals surface area contributed by atoms with Gasteiger partial charge in [-0.2, -0.15) is 0 Å². The number of aliphatic hydroxyl groups is 5. The molecule has 11 nitrogen and oxygen atoms in total. The van der Waals surface area contributed by atoms with Gasteiger partial charge in [-0.05, 0) is 103 Å². The van der Waals surface area contributed by atoms with Gasteiger partial charge < -0.3 is 45.1 Å². The van der Waals surface area contributed by atoms with Crippen LogP contribution in [0.3, 0.4) is 0 Å². The van der Waals surface area contributed by atoms with Crippen molar-refractivity contribution in [3.63, 3.8) is 0 Å². The molecular formula is C74H131NO10. The average molecular weight is 1190 g/mol. The molecule has 0 bridgehead atoms. The van der Waals surface area contributed by atoms with Crippen LogP contribution in [0.5, 0.6) is 0 Å². The summed E-state index contributed by atoms with van der Waals surface area (Å²) in [5.41, 5.74) is 0. The summed E-state index contributed by atoms with van der Waals surface area (Å²) >= 11 is 0. The Kier molecular flexibility index (Phi) is 57.4. The Morgan fingerprint density at radius 1 is 0.459 bits per heavy atom. The molecule has 0 aromatic heterocycles. The van der Waals surface area contributed by atoms with Crippen molar-refractivity contribution < 1.29 is 49.3 Å². The number of carbonyl (C=O) groups excluding carboxylic acids is 2. The minimum Gasteiger partial charge on any atom is -0.454 e. The van der Waals surface area contributed by atoms with E-state index in [-0.39, 0.29) is 19.4 Å². The number of carbonyl (C=O) groups is 2. The van der Waals surface area contributed by atoms with E-state index in [9.17, 15) is 35.1 Å². The SMILES string of the molecule is CCCCC/C=C\C/C=C\C/C=C\CCCCCCCCCCCCC(=O)OC1C(OCC(NC(=O)C(O)CCCCCCCCCCC/C=C\C/C=C\C/C=C\CCCCC)C(O)/C=C/CCCCCCCCCCC)OC(CO)C(O)C1O. The zero-order chi connectivity index (χ0) is 61.7. The van der Waals surface area contributed by atoms with Crippen molar-refractivity contribution in [2.45, 2.75) is 359 Å². The normalized spacial score (nSPS) is 18.9. The van der Waals surface area contributed by atoms with Gasteiger partial charge in [0, 0.05) is 6.42 Å². The van der Waals surface area contributed by atoms with Crippen LogP contribution in [0.2, 0.25) is 0 Å². The molecule has 1 aliphatic heterocycles. The Bertz CT molecular complexity index is 1710. The maximum atomic E-state index is 13.5. The van der Waals surface area contributed by atoms with Crippen LogP contribution < -0.4 is 5.32 Å². The molecule has 0 aliphatic carbocycles. The number of hydrogen-bond donors (Lipinski definition) is 6. The number of hydrogen-bond acceptors (Lipinski definition) is 10. The summed E-state index contributed by atoms with van der Waals surface area (Å²) in [6.07, 6.45) is 70.4. The maximum absolute atomic E-state index is 13.5. The molecular weight excluding hydrogens is 1060 g/mol. The number of unbranched alkanes of at least 4 members (excludes halogenated alkanes) is 34. The number of ether oxygens (including phenoxy) is 3. The summed E-state index contributed by atoms with van der Waals surface area (Å²) in [4.78, 5) is 26.7. The lowest BCUT2D eigenvalue weighted by atomic mass is 9.99. The summed E-state index contributed by atoms with van der Waals surface area (Å²) in [6, 6.07) is -1.03. The van der Waals surface area contributed by atoms with Crippen LogP contribution >= 0.6 is 0 Å². The predicted octanol–water partition coefficient (Wildman–Crippen LogP) is 18.1. The van der Waals surface area contributed by atoms with E-state index in [1.54, 1.807) is 6.08 Å². The second kappa shape index (κ2) is 61.1. The van der Waals surface area contributed by atoms with E-state index < -0.39 is 67.4 Å². The molecule has 0 aromatic rings. The lowest BCUT2D eigenvalue weighted by molar-refractivity contribution is -0.305. The monoisotopic (exact) mass is 1190 g/mol. The Hall–Kier alpha value is -3.16. The van der Waals surface area contributed by atoms with E-state index in [0.29, 0.717) is 12.8 Å². The Labute approximate surface area is 521 Å². The highest BCUT2D eigenvalue weighted by molar-refractivity contribution is 5.80. The number of aliphatic hydroxyl groups excluding tert-OH is 5. The summed E-state index contributed by atoms with van der Waals surface area (Å²) in [6.45, 7) is 5.75. The second-order valence-corrected chi connectivity index (χ2v) is 24.3. The van der Waals surface area contributed by atoms with Crippen LogP contribution in [0.4, 0.5) is 0 Å². The molecule has 1 amide bonds. The molecule has 0 saturated carbocycles. The lowest BCUT2D eigenvalue weighted by Crippen LogP contribution is -2.61. The standard InChI is InChI=1S/C74H131NO10/c1-4-7-10-13-16-19-22-24-26-28-30-32-34-36-38-40-42-44-47-50-53-56-59-62-69(79)85-72-71(81)70(80)68(63-76)84-74(72)83-64-65(66(77)60-57-54-51-48-45-21-18-15-12-9-6-3)75-73(82)67(78)61-58-55-52-49-46-43-41-39-37-35-33-31-29-27-25-23-20-17-14-11-8-5-2/h16-17,19-20,24-27,30-33,57,60,65-68,70-72,74,76-78,80-81H,4-15,18,21-23,28-29,34-56,58-59,61-64H2,1-3H3,(H,75,82)/b19-16-,20-17-,26-24-,27-25-,32-30-,33-31-,60-57+. The predicted molar refractivity (Wildman–Crippen MR) is 356 cm³/mol. The molecule has 1 fully saturated rings. The molecule has 8 atom stereocenters. The minimum atomic E-state index is -1.62. The van der Waals surface area contributed by atoms with E-state index in [0.717, 1.165) is 96.3 Å². The highest BCUT2D eigenvalue weighted by atomic mass is 16.7. The first-order valence-electron chi connectivity index (χ1n) is 35.4. The largest absolute Gasteiger partial charge is 0.454 e. The van der Waals surface area contributed by atoms with Gasteiger partial charge >= 0.3 is 5.97 Å². The summed E-state index contributed by atoms with van der Waals surface area (Å²) < 4.78 is 17.7. The Morgan fingerprint density at radius 2 is 0.812 bits per heavy atom. The van der Waals surface area contributed by atoms with Gasteiger partial charge in [0.2, 0.25) is 5.91 Å². The average Bonchev–Trinajstić information content (AvgIpc) is 2.90. The summed E-state index contributed by atoms with van der Waals surface area (Å²) in [5.74, 6) is -1.20. The topological polar surface area (TPSA) is 175 Å². The first-order valence-corrected chi connectivity index (χ1v) is 35.4. The van der Waals surface area contributed by atoms with Crippen molar-refractivity contribution in [1.29, 1.82) is 0 Å². The zero-order valence-corrected chi connectivity index (χ0v) is 54.7. The van der Waals surface area contributed by atoms with Gasteiger partial charge in [0.1, 0.15) is 24.4 Å². The Balaban J connectivity index is 2.57. The van der Waals surface area contributed by atoms with E-state index in [2.05, 4.69) is 99.0 Å². The minimum absolute atomic E-state index is 0.116. The van der Waals surface area contributed by atoms with Gasteiger partial charge in [0.05, 0.1) is 25.4 Å². The van der Waals surface area contributed by atoms with Crippen LogP contribution in [0, 0.1) is 0 Å². The third-order valence-electron chi connectivity index (χ3n) is 16.3. The van der Waals surface area contributed by atoms with Gasteiger partial charge in [-0.25, -0.2) is 0 Å². The number of amides is 1. The molecule has 6 N–H and O–H groups in total. The van der Waals surface area contributed by atoms with E-state index >= 15 is 0 Å². The molecule has 85 heavy (non-hydrogen) atoms. The number of nitrogens with one attached hydrogen (secondary N) is 1. The molecule has 1 heterocycles. The van der Waals surface area contributed by atoms with E-state index in [4.69, 9.17) is 14.2 Å². The zero-order valence-electron chi connectivity index (χ0n) is 54.7. The van der Waals surface area contributed by atoms with Crippen molar-refractivity contribution in [2.75, 3.05) is 13.2 Å². The van der Waals surface area contributed by atoms with Crippen LogP contribution in [0.1, 0.15) is 310 Å². The van der Waals surface area contributed by atoms with Crippen molar-refractivity contribution in [2.24, 2.45) is 0 Å². The molecule has 0 spiro atoms. The maximum Gasteiger partial charge on any atom is 0.306 e. The molecule has 1 rings (SSSR count). The molecule has 0 aromatic carbocycles. The van der Waals surface area contributed by atoms with Gasteiger partial charge in [-0.15, -0.1) is 0 Å². The third-order valence-corrected chi connectivity index (χ3v) is 16.3. The fraction of sp³-hybridized carbons (Fsp3) is 0.784. The smallest absolute Gasteiger partial charge is 0.306 e. The molecule has 1 aliphatic rings. The van der Waals surface area contributed by atoms with Gasteiger partial charge in [0.25, 0.3) is 0 Å². The molecule has 0 radical (unpaired) electrons. The number of esters is 1.